The highest BCUT2D eigenvalue weighted by Crippen LogP contribution is 2.17. The Kier molecular flexibility index (Phi) is 5.21. The number of benzene rings is 1. The predicted molar refractivity (Wildman–Crippen MR) is 101 cm³/mol. The smallest absolute Gasteiger partial charge is 0.247 e. The molecule has 0 saturated heterocycles. The molecule has 0 aliphatic heterocycles. The van der Waals surface area contributed by atoms with Gasteiger partial charge in [-0.3, -0.25) is 9.48 Å². The van der Waals surface area contributed by atoms with E-state index in [0.717, 1.165) is 22.6 Å². The van der Waals surface area contributed by atoms with Crippen LogP contribution in [-0.4, -0.2) is 37.4 Å². The molecular weight excluding hydrogens is 326 g/mol. The largest absolute Gasteiger partial charge is 0.340 e. The summed E-state index contributed by atoms with van der Waals surface area (Å²) in [7, 11) is 1.84. The zero-order chi connectivity index (χ0) is 18.7. The van der Waals surface area contributed by atoms with Crippen LogP contribution in [-0.2, 0) is 11.3 Å². The molecule has 2 heterocycles. The highest BCUT2D eigenvalue weighted by molar-refractivity contribution is 5.80. The molecule has 0 aliphatic rings. The van der Waals surface area contributed by atoms with Crippen molar-refractivity contribution in [3.8, 4) is 5.69 Å². The number of aryl methyl sites for hydroxylation is 2. The Morgan fingerprint density at radius 2 is 2.04 bits per heavy atom. The molecule has 3 rings (SSSR count). The zero-order valence-electron chi connectivity index (χ0n) is 15.8. The average Bonchev–Trinajstić information content (AvgIpc) is 3.25. The number of likely N-dealkylation sites (N-methyl/N-ethyl adjacent to an activating group) is 1. The van der Waals surface area contributed by atoms with E-state index in [9.17, 15) is 4.79 Å². The van der Waals surface area contributed by atoms with E-state index in [0.29, 0.717) is 13.0 Å². The number of carbonyl (C=O) groups is 1. The van der Waals surface area contributed by atoms with E-state index in [-0.39, 0.29) is 11.9 Å². The Labute approximate surface area is 154 Å². The van der Waals surface area contributed by atoms with Crippen LogP contribution in [0.4, 0.5) is 0 Å². The van der Waals surface area contributed by atoms with Crippen molar-refractivity contribution in [3.63, 3.8) is 0 Å². The molecule has 2 aromatic heterocycles. The molecule has 0 N–H and O–H groups in total. The highest BCUT2D eigenvalue weighted by Gasteiger charge is 2.22. The molecule has 136 valence electrons. The molecule has 0 bridgehead atoms. The van der Waals surface area contributed by atoms with E-state index in [2.05, 4.69) is 22.3 Å². The summed E-state index contributed by atoms with van der Waals surface area (Å²) in [5.74, 6) is 0.0627. The van der Waals surface area contributed by atoms with Crippen LogP contribution < -0.4 is 0 Å². The van der Waals surface area contributed by atoms with Crippen LogP contribution in [0.3, 0.4) is 0 Å². The minimum Gasteiger partial charge on any atom is -0.340 e. The maximum absolute atomic E-state index is 12.8. The first-order valence-electron chi connectivity index (χ1n) is 8.86. The Morgan fingerprint density at radius 3 is 2.65 bits per heavy atom. The van der Waals surface area contributed by atoms with Gasteiger partial charge in [-0.15, -0.1) is 0 Å². The van der Waals surface area contributed by atoms with Gasteiger partial charge in [-0.05, 0) is 50.1 Å². The maximum atomic E-state index is 12.8. The van der Waals surface area contributed by atoms with Gasteiger partial charge in [0.05, 0.1) is 11.4 Å². The molecule has 1 atom stereocenters. The van der Waals surface area contributed by atoms with E-state index in [1.54, 1.807) is 15.8 Å². The SMILES string of the molecule is CC[C@@H](C(=O)N(C)Cc1cccc(-n2nc(C)cc2C)c1)n1cccn1. The van der Waals surface area contributed by atoms with Crippen molar-refractivity contribution in [2.45, 2.75) is 39.8 Å². The van der Waals surface area contributed by atoms with Crippen molar-refractivity contribution in [1.82, 2.24) is 24.5 Å². The van der Waals surface area contributed by atoms with E-state index in [1.807, 2.05) is 63.0 Å². The lowest BCUT2D eigenvalue weighted by molar-refractivity contribution is -0.134. The Morgan fingerprint density at radius 1 is 1.23 bits per heavy atom. The third kappa shape index (κ3) is 3.69. The molecule has 6 heteroatoms. The van der Waals surface area contributed by atoms with Crippen molar-refractivity contribution >= 4 is 5.91 Å². The second kappa shape index (κ2) is 7.56. The summed E-state index contributed by atoms with van der Waals surface area (Å²) in [4.78, 5) is 14.6. The average molecular weight is 351 g/mol. The zero-order valence-corrected chi connectivity index (χ0v) is 15.8. The standard InChI is InChI=1S/C20H25N5O/c1-5-19(24-11-7-10-21-24)20(26)23(4)14-17-8-6-9-18(13-17)25-16(3)12-15(2)22-25/h6-13,19H,5,14H2,1-4H3/t19-/m0/s1. The first kappa shape index (κ1) is 17.9. The third-order valence-electron chi connectivity index (χ3n) is 4.48. The summed E-state index contributed by atoms with van der Waals surface area (Å²) in [6.45, 7) is 6.57. The Hall–Kier alpha value is -2.89. The van der Waals surface area contributed by atoms with Gasteiger partial charge >= 0.3 is 0 Å². The molecule has 0 radical (unpaired) electrons. The van der Waals surface area contributed by atoms with Gasteiger partial charge in [0.25, 0.3) is 0 Å². The third-order valence-corrected chi connectivity index (χ3v) is 4.48. The topological polar surface area (TPSA) is 56.0 Å². The predicted octanol–water partition coefficient (Wildman–Crippen LogP) is 3.30. The highest BCUT2D eigenvalue weighted by atomic mass is 16.2. The van der Waals surface area contributed by atoms with E-state index in [4.69, 9.17) is 0 Å². The van der Waals surface area contributed by atoms with Gasteiger partial charge in [0, 0.05) is 31.7 Å². The quantitative estimate of drug-likeness (QED) is 0.685. The molecular formula is C20H25N5O. The minimum atomic E-state index is -0.269. The van der Waals surface area contributed by atoms with E-state index < -0.39 is 0 Å². The van der Waals surface area contributed by atoms with Crippen molar-refractivity contribution in [2.24, 2.45) is 0 Å². The molecule has 0 spiro atoms. The number of aromatic nitrogens is 4. The van der Waals surface area contributed by atoms with Crippen LogP contribution in [0.25, 0.3) is 5.69 Å². The molecule has 0 aliphatic carbocycles. The van der Waals surface area contributed by atoms with Crippen LogP contribution in [0.5, 0.6) is 0 Å². The number of nitrogens with zero attached hydrogens (tertiary/aromatic N) is 5. The molecule has 26 heavy (non-hydrogen) atoms. The van der Waals surface area contributed by atoms with E-state index in [1.165, 1.54) is 0 Å². The maximum Gasteiger partial charge on any atom is 0.247 e. The molecule has 0 saturated carbocycles. The number of amides is 1. The van der Waals surface area contributed by atoms with Gasteiger partial charge in [0.2, 0.25) is 5.91 Å². The first-order valence-corrected chi connectivity index (χ1v) is 8.86. The lowest BCUT2D eigenvalue weighted by Gasteiger charge is -2.23. The van der Waals surface area contributed by atoms with Gasteiger partial charge < -0.3 is 4.90 Å². The van der Waals surface area contributed by atoms with Gasteiger partial charge in [-0.1, -0.05) is 19.1 Å². The summed E-state index contributed by atoms with van der Waals surface area (Å²) in [6, 6.07) is 11.8. The summed E-state index contributed by atoms with van der Waals surface area (Å²) >= 11 is 0. The van der Waals surface area contributed by atoms with Gasteiger partial charge in [0.1, 0.15) is 6.04 Å². The summed E-state index contributed by atoms with van der Waals surface area (Å²) in [6.07, 6.45) is 4.24. The minimum absolute atomic E-state index is 0.0627. The second-order valence-corrected chi connectivity index (χ2v) is 6.61. The van der Waals surface area contributed by atoms with Crippen LogP contribution >= 0.6 is 0 Å². The van der Waals surface area contributed by atoms with Crippen LogP contribution in [0.2, 0.25) is 0 Å². The van der Waals surface area contributed by atoms with Crippen molar-refractivity contribution in [1.29, 1.82) is 0 Å². The number of hydrogen-bond donors (Lipinski definition) is 0. The van der Waals surface area contributed by atoms with E-state index >= 15 is 0 Å². The van der Waals surface area contributed by atoms with Gasteiger partial charge in [-0.25, -0.2) is 4.68 Å². The molecule has 0 unspecified atom stereocenters. The van der Waals surface area contributed by atoms with Crippen molar-refractivity contribution in [2.75, 3.05) is 7.05 Å². The van der Waals surface area contributed by atoms with Crippen molar-refractivity contribution in [3.05, 3.63) is 65.7 Å². The summed E-state index contributed by atoms with van der Waals surface area (Å²) in [5.41, 5.74) is 4.16. The summed E-state index contributed by atoms with van der Waals surface area (Å²) in [5, 5.41) is 8.76. The Bertz CT molecular complexity index is 882. The molecule has 0 fully saturated rings. The fourth-order valence-corrected chi connectivity index (χ4v) is 3.22. The molecule has 6 nitrogen and oxygen atoms in total. The lowest BCUT2D eigenvalue weighted by Crippen LogP contribution is -2.34. The van der Waals surface area contributed by atoms with Gasteiger partial charge in [-0.2, -0.15) is 10.2 Å². The molecule has 3 aromatic rings. The van der Waals surface area contributed by atoms with Crippen molar-refractivity contribution < 1.29 is 4.79 Å². The number of carbonyl (C=O) groups excluding carboxylic acids is 1. The lowest BCUT2D eigenvalue weighted by atomic mass is 10.1. The van der Waals surface area contributed by atoms with Crippen LogP contribution in [0, 0.1) is 13.8 Å². The first-order chi connectivity index (χ1) is 12.5. The molecule has 1 amide bonds. The fourth-order valence-electron chi connectivity index (χ4n) is 3.22. The number of hydrogen-bond acceptors (Lipinski definition) is 3. The molecule has 1 aromatic carbocycles. The van der Waals surface area contributed by atoms with Crippen LogP contribution in [0.1, 0.15) is 36.3 Å². The van der Waals surface area contributed by atoms with Crippen LogP contribution in [0.15, 0.2) is 48.8 Å². The normalized spacial score (nSPS) is 12.2. The monoisotopic (exact) mass is 351 g/mol. The summed E-state index contributed by atoms with van der Waals surface area (Å²) < 4.78 is 3.66. The Balaban J connectivity index is 1.77. The second-order valence-electron chi connectivity index (χ2n) is 6.61. The fraction of sp³-hybridized carbons (Fsp3) is 0.350. The number of rotatable bonds is 6. The van der Waals surface area contributed by atoms with Gasteiger partial charge in [0.15, 0.2) is 0 Å².